The molecule has 0 aliphatic carbocycles. The van der Waals surface area contributed by atoms with Gasteiger partial charge in [-0.2, -0.15) is 0 Å². The van der Waals surface area contributed by atoms with Crippen LogP contribution in [0, 0.1) is 5.92 Å². The molecule has 0 aliphatic rings. The Morgan fingerprint density at radius 2 is 1.70 bits per heavy atom. The highest BCUT2D eigenvalue weighted by molar-refractivity contribution is 4.58. The molecular formula is C7H18N2O. The van der Waals surface area contributed by atoms with E-state index in [0.717, 1.165) is 6.61 Å². The second-order valence-electron chi connectivity index (χ2n) is 2.82. The Balaban J connectivity index is 3.26. The number of ether oxygens (including phenoxy) is 1. The molecule has 0 atom stereocenters. The van der Waals surface area contributed by atoms with E-state index in [9.17, 15) is 0 Å². The van der Waals surface area contributed by atoms with Gasteiger partial charge in [0.2, 0.25) is 0 Å². The highest BCUT2D eigenvalue weighted by Crippen LogP contribution is 1.95. The van der Waals surface area contributed by atoms with Gasteiger partial charge in [0.15, 0.2) is 0 Å². The Labute approximate surface area is 62.7 Å². The van der Waals surface area contributed by atoms with Crippen molar-refractivity contribution >= 4 is 0 Å². The lowest BCUT2D eigenvalue weighted by Gasteiger charge is -2.14. The molecule has 3 nitrogen and oxygen atoms in total. The van der Waals surface area contributed by atoms with Crippen molar-refractivity contribution in [2.24, 2.45) is 17.4 Å². The van der Waals surface area contributed by atoms with Crippen LogP contribution in [0.2, 0.25) is 0 Å². The van der Waals surface area contributed by atoms with Crippen LogP contribution in [-0.4, -0.2) is 25.8 Å². The van der Waals surface area contributed by atoms with Crippen LogP contribution in [0.1, 0.15) is 13.8 Å². The summed E-state index contributed by atoms with van der Waals surface area (Å²) in [6, 6.07) is 0. The van der Waals surface area contributed by atoms with Gasteiger partial charge in [0.1, 0.15) is 0 Å². The first-order valence-electron chi connectivity index (χ1n) is 3.72. The minimum Gasteiger partial charge on any atom is -0.375 e. The highest BCUT2D eigenvalue weighted by atomic mass is 16.5. The molecule has 62 valence electrons. The second kappa shape index (κ2) is 5.65. The van der Waals surface area contributed by atoms with Gasteiger partial charge in [-0.1, -0.05) is 13.8 Å². The van der Waals surface area contributed by atoms with Gasteiger partial charge in [-0.3, -0.25) is 0 Å². The summed E-state index contributed by atoms with van der Waals surface area (Å²) in [7, 11) is 0. The maximum atomic E-state index is 5.36. The van der Waals surface area contributed by atoms with E-state index >= 15 is 0 Å². The van der Waals surface area contributed by atoms with Crippen molar-refractivity contribution < 1.29 is 4.74 Å². The molecule has 10 heavy (non-hydrogen) atoms. The average molecular weight is 146 g/mol. The topological polar surface area (TPSA) is 61.3 Å². The Hall–Kier alpha value is -0.120. The molecular weight excluding hydrogens is 128 g/mol. The zero-order valence-electron chi connectivity index (χ0n) is 6.84. The predicted octanol–water partition coefficient (Wildman–Crippen LogP) is -0.0550. The molecule has 0 aromatic carbocycles. The van der Waals surface area contributed by atoms with Gasteiger partial charge in [-0.05, 0) is 5.92 Å². The van der Waals surface area contributed by atoms with Crippen LogP contribution >= 0.6 is 0 Å². The standard InChI is InChI=1S/C7H18N2O/c1-6(2)5-10-7(3-8)4-9/h6-7H,3-5,8-9H2,1-2H3. The Morgan fingerprint density at radius 3 is 2.00 bits per heavy atom. The lowest BCUT2D eigenvalue weighted by Crippen LogP contribution is -2.32. The van der Waals surface area contributed by atoms with Gasteiger partial charge in [-0.15, -0.1) is 0 Å². The van der Waals surface area contributed by atoms with E-state index in [1.807, 2.05) is 0 Å². The Morgan fingerprint density at radius 1 is 1.20 bits per heavy atom. The summed E-state index contributed by atoms with van der Waals surface area (Å²) in [4.78, 5) is 0. The summed E-state index contributed by atoms with van der Waals surface area (Å²) in [5.74, 6) is 0.556. The molecule has 0 amide bonds. The third-order valence-electron chi connectivity index (χ3n) is 1.19. The van der Waals surface area contributed by atoms with Crippen LogP contribution in [0.25, 0.3) is 0 Å². The summed E-state index contributed by atoms with van der Waals surface area (Å²) in [6.45, 7) is 5.99. The molecule has 0 saturated heterocycles. The number of hydrogen-bond acceptors (Lipinski definition) is 3. The van der Waals surface area contributed by atoms with Crippen molar-refractivity contribution in [2.75, 3.05) is 19.7 Å². The second-order valence-corrected chi connectivity index (χ2v) is 2.82. The molecule has 0 spiro atoms. The van der Waals surface area contributed by atoms with E-state index in [4.69, 9.17) is 16.2 Å². The van der Waals surface area contributed by atoms with Gasteiger partial charge < -0.3 is 16.2 Å². The summed E-state index contributed by atoms with van der Waals surface area (Å²) < 4.78 is 5.35. The summed E-state index contributed by atoms with van der Waals surface area (Å²) in [6.07, 6.45) is 0.0439. The van der Waals surface area contributed by atoms with Crippen molar-refractivity contribution in [3.8, 4) is 0 Å². The van der Waals surface area contributed by atoms with Gasteiger partial charge >= 0.3 is 0 Å². The summed E-state index contributed by atoms with van der Waals surface area (Å²) in [5, 5.41) is 0. The van der Waals surface area contributed by atoms with Crippen LogP contribution in [0.5, 0.6) is 0 Å². The first-order chi connectivity index (χ1) is 4.70. The van der Waals surface area contributed by atoms with Crippen molar-refractivity contribution in [3.05, 3.63) is 0 Å². The number of rotatable bonds is 5. The van der Waals surface area contributed by atoms with E-state index in [-0.39, 0.29) is 6.10 Å². The fraction of sp³-hybridized carbons (Fsp3) is 1.00. The molecule has 0 saturated carbocycles. The molecule has 0 aromatic heterocycles. The summed E-state index contributed by atoms with van der Waals surface area (Å²) >= 11 is 0. The van der Waals surface area contributed by atoms with Gasteiger partial charge in [0.25, 0.3) is 0 Å². The molecule has 0 aliphatic heterocycles. The average Bonchev–Trinajstić information content (AvgIpc) is 1.90. The summed E-state index contributed by atoms with van der Waals surface area (Å²) in [5.41, 5.74) is 10.7. The highest BCUT2D eigenvalue weighted by Gasteiger charge is 2.03. The largest absolute Gasteiger partial charge is 0.375 e. The molecule has 0 fully saturated rings. The SMILES string of the molecule is CC(C)COC(CN)CN. The number of nitrogens with two attached hydrogens (primary N) is 2. The third kappa shape index (κ3) is 4.73. The minimum atomic E-state index is 0.0439. The minimum absolute atomic E-state index is 0.0439. The zero-order valence-corrected chi connectivity index (χ0v) is 6.84. The van der Waals surface area contributed by atoms with E-state index in [0.29, 0.717) is 19.0 Å². The van der Waals surface area contributed by atoms with Crippen LogP contribution in [0.4, 0.5) is 0 Å². The first kappa shape index (κ1) is 9.88. The van der Waals surface area contributed by atoms with E-state index in [1.165, 1.54) is 0 Å². The fourth-order valence-corrected chi connectivity index (χ4v) is 0.561. The van der Waals surface area contributed by atoms with Gasteiger partial charge in [0, 0.05) is 19.7 Å². The molecule has 3 heteroatoms. The van der Waals surface area contributed by atoms with Crippen LogP contribution in [-0.2, 0) is 4.74 Å². The van der Waals surface area contributed by atoms with E-state index in [1.54, 1.807) is 0 Å². The van der Waals surface area contributed by atoms with Crippen LogP contribution in [0.15, 0.2) is 0 Å². The molecule has 0 radical (unpaired) electrons. The molecule has 0 bridgehead atoms. The zero-order chi connectivity index (χ0) is 7.98. The van der Waals surface area contributed by atoms with Crippen molar-refractivity contribution in [1.82, 2.24) is 0 Å². The van der Waals surface area contributed by atoms with Crippen molar-refractivity contribution in [2.45, 2.75) is 20.0 Å². The lowest BCUT2D eigenvalue weighted by atomic mass is 10.2. The van der Waals surface area contributed by atoms with E-state index in [2.05, 4.69) is 13.8 Å². The Kier molecular flexibility index (Phi) is 5.58. The maximum absolute atomic E-state index is 5.36. The van der Waals surface area contributed by atoms with E-state index < -0.39 is 0 Å². The Bertz CT molecular complexity index is 72.0. The fourth-order valence-electron chi connectivity index (χ4n) is 0.561. The van der Waals surface area contributed by atoms with Gasteiger partial charge in [-0.25, -0.2) is 0 Å². The monoisotopic (exact) mass is 146 g/mol. The molecule has 0 rings (SSSR count). The molecule has 0 heterocycles. The molecule has 4 N–H and O–H groups in total. The maximum Gasteiger partial charge on any atom is 0.0819 e. The van der Waals surface area contributed by atoms with Crippen molar-refractivity contribution in [3.63, 3.8) is 0 Å². The number of hydrogen-bond donors (Lipinski definition) is 2. The van der Waals surface area contributed by atoms with Crippen LogP contribution in [0.3, 0.4) is 0 Å². The smallest absolute Gasteiger partial charge is 0.0819 e. The molecule has 0 aromatic rings. The quantitative estimate of drug-likeness (QED) is 0.571. The van der Waals surface area contributed by atoms with Crippen molar-refractivity contribution in [1.29, 1.82) is 0 Å². The van der Waals surface area contributed by atoms with Gasteiger partial charge in [0.05, 0.1) is 6.10 Å². The predicted molar refractivity (Wildman–Crippen MR) is 42.7 cm³/mol. The lowest BCUT2D eigenvalue weighted by molar-refractivity contribution is 0.0469. The normalized spacial score (nSPS) is 11.4. The third-order valence-corrected chi connectivity index (χ3v) is 1.19. The molecule has 0 unspecified atom stereocenters. The first-order valence-corrected chi connectivity index (χ1v) is 3.72. The van der Waals surface area contributed by atoms with Crippen LogP contribution < -0.4 is 11.5 Å².